The van der Waals surface area contributed by atoms with Crippen molar-refractivity contribution in [3.63, 3.8) is 0 Å². The van der Waals surface area contributed by atoms with Gasteiger partial charge >= 0.3 is 0 Å². The highest BCUT2D eigenvalue weighted by atomic mass is 35.5. The van der Waals surface area contributed by atoms with E-state index in [4.69, 9.17) is 11.6 Å². The van der Waals surface area contributed by atoms with E-state index in [0.29, 0.717) is 31.2 Å². The first-order chi connectivity index (χ1) is 12.8. The second-order valence-electron chi connectivity index (χ2n) is 7.24. The Hall–Kier alpha value is -1.03. The van der Waals surface area contributed by atoms with Crippen LogP contribution in [0.3, 0.4) is 0 Å². The van der Waals surface area contributed by atoms with E-state index in [-0.39, 0.29) is 11.7 Å². The summed E-state index contributed by atoms with van der Waals surface area (Å²) in [7, 11) is -0.221. The zero-order chi connectivity index (χ0) is 19.6. The molecule has 1 aromatic carbocycles. The number of rotatable bonds is 5. The minimum Gasteiger partial charge on any atom is -0.294 e. The third kappa shape index (κ3) is 4.70. The number of piperazine rings is 1. The second-order valence-corrected chi connectivity index (χ2v) is 9.82. The standard InChI is InChI=1S/C18H27ClN4O3S/c1-20(2)27(25,26)23-13-11-22(12-14-23)21-9-7-16(8-10-21)18(24)15-3-5-17(19)6-4-15/h3-6,16H,7-14H2,1-2H3. The largest absolute Gasteiger partial charge is 0.294 e. The number of halogens is 1. The molecular formula is C18H27ClN4O3S. The van der Waals surface area contributed by atoms with Crippen LogP contribution in [-0.2, 0) is 10.2 Å². The molecule has 2 heterocycles. The molecule has 7 nitrogen and oxygen atoms in total. The maximum absolute atomic E-state index is 12.7. The quantitative estimate of drug-likeness (QED) is 0.684. The highest BCUT2D eigenvalue weighted by Crippen LogP contribution is 2.24. The minimum absolute atomic E-state index is 0.0397. The molecule has 0 atom stereocenters. The molecule has 0 bridgehead atoms. The number of hydrogen-bond donors (Lipinski definition) is 0. The molecule has 0 spiro atoms. The molecule has 0 aromatic heterocycles. The Bertz CT molecular complexity index is 753. The molecule has 0 aliphatic carbocycles. The van der Waals surface area contributed by atoms with E-state index in [1.165, 1.54) is 8.61 Å². The van der Waals surface area contributed by atoms with Gasteiger partial charge in [0.1, 0.15) is 0 Å². The third-order valence-electron chi connectivity index (χ3n) is 5.37. The Balaban J connectivity index is 1.50. The molecule has 2 aliphatic heterocycles. The second kappa shape index (κ2) is 8.55. The Morgan fingerprint density at radius 1 is 0.963 bits per heavy atom. The van der Waals surface area contributed by atoms with Gasteiger partial charge in [-0.15, -0.1) is 0 Å². The van der Waals surface area contributed by atoms with Crippen LogP contribution in [0.15, 0.2) is 24.3 Å². The van der Waals surface area contributed by atoms with Crippen LogP contribution in [0.5, 0.6) is 0 Å². The molecule has 27 heavy (non-hydrogen) atoms. The number of hydrazine groups is 1. The lowest BCUT2D eigenvalue weighted by Crippen LogP contribution is -2.57. The van der Waals surface area contributed by atoms with E-state index >= 15 is 0 Å². The fourth-order valence-electron chi connectivity index (χ4n) is 3.68. The van der Waals surface area contributed by atoms with Gasteiger partial charge in [-0.3, -0.25) is 4.79 Å². The van der Waals surface area contributed by atoms with Crippen LogP contribution in [0.25, 0.3) is 0 Å². The lowest BCUT2D eigenvalue weighted by atomic mass is 9.89. The molecule has 2 fully saturated rings. The lowest BCUT2D eigenvalue weighted by molar-refractivity contribution is -0.0639. The average Bonchev–Trinajstić information content (AvgIpc) is 2.68. The molecule has 1 aromatic rings. The van der Waals surface area contributed by atoms with E-state index in [1.54, 1.807) is 38.4 Å². The maximum Gasteiger partial charge on any atom is 0.281 e. The van der Waals surface area contributed by atoms with Crippen molar-refractivity contribution in [2.45, 2.75) is 12.8 Å². The van der Waals surface area contributed by atoms with E-state index in [0.717, 1.165) is 31.5 Å². The minimum atomic E-state index is -3.34. The molecule has 3 rings (SSSR count). The van der Waals surface area contributed by atoms with E-state index in [2.05, 4.69) is 10.0 Å². The van der Waals surface area contributed by atoms with Crippen LogP contribution in [0.1, 0.15) is 23.2 Å². The highest BCUT2D eigenvalue weighted by molar-refractivity contribution is 7.86. The predicted molar refractivity (Wildman–Crippen MR) is 106 cm³/mol. The summed E-state index contributed by atoms with van der Waals surface area (Å²) < 4.78 is 27.2. The predicted octanol–water partition coefficient (Wildman–Crippen LogP) is 1.57. The Labute approximate surface area is 166 Å². The van der Waals surface area contributed by atoms with Gasteiger partial charge in [0.05, 0.1) is 0 Å². The van der Waals surface area contributed by atoms with Crippen molar-refractivity contribution >= 4 is 27.6 Å². The van der Waals surface area contributed by atoms with Crippen LogP contribution in [-0.4, -0.2) is 86.2 Å². The number of benzene rings is 1. The van der Waals surface area contributed by atoms with Crippen LogP contribution in [0, 0.1) is 5.92 Å². The monoisotopic (exact) mass is 414 g/mol. The normalized spacial score (nSPS) is 21.6. The fourth-order valence-corrected chi connectivity index (χ4v) is 4.90. The van der Waals surface area contributed by atoms with Crippen molar-refractivity contribution in [1.82, 2.24) is 18.6 Å². The lowest BCUT2D eigenvalue weighted by Gasteiger charge is -2.43. The van der Waals surface area contributed by atoms with Crippen molar-refractivity contribution in [2.75, 3.05) is 53.4 Å². The van der Waals surface area contributed by atoms with Gasteiger partial charge in [-0.05, 0) is 37.1 Å². The molecule has 2 aliphatic rings. The number of nitrogens with zero attached hydrogens (tertiary/aromatic N) is 4. The van der Waals surface area contributed by atoms with E-state index in [1.807, 2.05) is 0 Å². The van der Waals surface area contributed by atoms with Crippen molar-refractivity contribution in [2.24, 2.45) is 5.92 Å². The number of hydrogen-bond acceptors (Lipinski definition) is 5. The van der Waals surface area contributed by atoms with Crippen molar-refractivity contribution in [3.05, 3.63) is 34.9 Å². The van der Waals surface area contributed by atoms with Gasteiger partial charge in [0, 0.05) is 69.9 Å². The van der Waals surface area contributed by atoms with Crippen LogP contribution in [0.2, 0.25) is 5.02 Å². The first-order valence-electron chi connectivity index (χ1n) is 9.26. The summed E-state index contributed by atoms with van der Waals surface area (Å²) in [4.78, 5) is 12.7. The molecule has 0 saturated carbocycles. The summed E-state index contributed by atoms with van der Waals surface area (Å²) in [6.45, 7) is 3.99. The highest BCUT2D eigenvalue weighted by Gasteiger charge is 2.33. The zero-order valence-corrected chi connectivity index (χ0v) is 17.4. The first-order valence-corrected chi connectivity index (χ1v) is 11.0. The first kappa shape index (κ1) is 20.7. The fraction of sp³-hybridized carbons (Fsp3) is 0.611. The Morgan fingerprint density at radius 2 is 1.48 bits per heavy atom. The zero-order valence-electron chi connectivity index (χ0n) is 15.8. The van der Waals surface area contributed by atoms with Gasteiger partial charge in [0.25, 0.3) is 10.2 Å². The number of ketones is 1. The van der Waals surface area contributed by atoms with Crippen molar-refractivity contribution in [3.8, 4) is 0 Å². The molecule has 0 amide bonds. The summed E-state index contributed by atoms with van der Waals surface area (Å²) in [5.74, 6) is 0.228. The summed E-state index contributed by atoms with van der Waals surface area (Å²) >= 11 is 5.90. The molecule has 0 radical (unpaired) electrons. The summed E-state index contributed by atoms with van der Waals surface area (Å²) in [5.41, 5.74) is 0.723. The number of piperidine rings is 1. The SMILES string of the molecule is CN(C)S(=O)(=O)N1CCN(N2CCC(C(=O)c3ccc(Cl)cc3)CC2)CC1. The molecule has 0 unspecified atom stereocenters. The Kier molecular flexibility index (Phi) is 6.55. The molecular weight excluding hydrogens is 388 g/mol. The van der Waals surface area contributed by atoms with Crippen LogP contribution in [0.4, 0.5) is 0 Å². The molecule has 150 valence electrons. The summed E-state index contributed by atoms with van der Waals surface area (Å²) in [6, 6.07) is 7.10. The van der Waals surface area contributed by atoms with Crippen molar-refractivity contribution < 1.29 is 13.2 Å². The third-order valence-corrected chi connectivity index (χ3v) is 7.57. The van der Waals surface area contributed by atoms with Gasteiger partial charge in [-0.1, -0.05) is 11.6 Å². The smallest absolute Gasteiger partial charge is 0.281 e. The number of carbonyl (C=O) groups is 1. The number of Topliss-reactive ketones (excluding diaryl/α,β-unsaturated/α-hetero) is 1. The Morgan fingerprint density at radius 3 is 2.00 bits per heavy atom. The summed E-state index contributed by atoms with van der Waals surface area (Å²) in [5, 5.41) is 5.13. The molecule has 2 saturated heterocycles. The van der Waals surface area contributed by atoms with Gasteiger partial charge in [-0.25, -0.2) is 10.0 Å². The van der Waals surface area contributed by atoms with Crippen LogP contribution >= 0.6 is 11.6 Å². The summed E-state index contributed by atoms with van der Waals surface area (Å²) in [6.07, 6.45) is 1.63. The maximum atomic E-state index is 12.7. The molecule has 9 heteroatoms. The van der Waals surface area contributed by atoms with Gasteiger partial charge in [0.15, 0.2) is 5.78 Å². The van der Waals surface area contributed by atoms with Crippen LogP contribution < -0.4 is 0 Å². The van der Waals surface area contributed by atoms with Crippen molar-refractivity contribution in [1.29, 1.82) is 0 Å². The van der Waals surface area contributed by atoms with Gasteiger partial charge in [-0.2, -0.15) is 17.0 Å². The number of carbonyl (C=O) groups excluding carboxylic acids is 1. The average molecular weight is 415 g/mol. The van der Waals surface area contributed by atoms with E-state index < -0.39 is 10.2 Å². The topological polar surface area (TPSA) is 64.2 Å². The van der Waals surface area contributed by atoms with E-state index in [9.17, 15) is 13.2 Å². The van der Waals surface area contributed by atoms with Gasteiger partial charge in [0.2, 0.25) is 0 Å². The molecule has 0 N–H and O–H groups in total. The van der Waals surface area contributed by atoms with Gasteiger partial charge < -0.3 is 0 Å².